The zero-order chi connectivity index (χ0) is 13.9. The lowest BCUT2D eigenvalue weighted by atomic mass is 10.3. The zero-order valence-corrected chi connectivity index (χ0v) is 10.7. The van der Waals surface area contributed by atoms with Crippen molar-refractivity contribution >= 4 is 22.6 Å². The standard InChI is InChI=1S/C11H12F3N3OS/c12-7-11(13,14)18-9-3-1-8(2-4-9)17(15)10-16-5-6-19-10/h1-4H,5-7,15H2. The quantitative estimate of drug-likeness (QED) is 0.683. The molecule has 0 radical (unpaired) electrons. The van der Waals surface area contributed by atoms with E-state index in [2.05, 4.69) is 9.73 Å². The molecule has 8 heteroatoms. The number of alkyl halides is 3. The van der Waals surface area contributed by atoms with Gasteiger partial charge in [-0.1, -0.05) is 11.8 Å². The van der Waals surface area contributed by atoms with Gasteiger partial charge in [-0.3, -0.25) is 10.0 Å². The van der Waals surface area contributed by atoms with Crippen LogP contribution in [0.25, 0.3) is 0 Å². The first-order valence-electron chi connectivity index (χ1n) is 5.47. The third-order valence-corrected chi connectivity index (χ3v) is 3.28. The van der Waals surface area contributed by atoms with E-state index in [0.717, 1.165) is 5.75 Å². The lowest BCUT2D eigenvalue weighted by molar-refractivity contribution is -0.186. The van der Waals surface area contributed by atoms with Crippen LogP contribution < -0.4 is 15.6 Å². The number of hydrogen-bond acceptors (Lipinski definition) is 5. The number of hydrazine groups is 1. The lowest BCUT2D eigenvalue weighted by Crippen LogP contribution is -2.34. The molecule has 1 aromatic rings. The number of halogens is 3. The third kappa shape index (κ3) is 3.54. The van der Waals surface area contributed by atoms with Gasteiger partial charge in [0.2, 0.25) is 0 Å². The third-order valence-electron chi connectivity index (χ3n) is 2.31. The summed E-state index contributed by atoms with van der Waals surface area (Å²) in [6.07, 6.45) is -3.81. The Kier molecular flexibility index (Phi) is 4.20. The highest BCUT2D eigenvalue weighted by atomic mass is 32.2. The molecule has 0 aliphatic carbocycles. The summed E-state index contributed by atoms with van der Waals surface area (Å²) in [5.74, 6) is 6.58. The van der Waals surface area contributed by atoms with Crippen molar-refractivity contribution in [3.63, 3.8) is 0 Å². The SMILES string of the molecule is NN(C1=NCCS1)c1ccc(OC(F)(F)CF)cc1. The fourth-order valence-corrected chi connectivity index (χ4v) is 2.25. The summed E-state index contributed by atoms with van der Waals surface area (Å²) in [4.78, 5) is 4.19. The van der Waals surface area contributed by atoms with Gasteiger partial charge in [-0.05, 0) is 24.3 Å². The van der Waals surface area contributed by atoms with E-state index in [4.69, 9.17) is 5.84 Å². The van der Waals surface area contributed by atoms with Gasteiger partial charge in [0.25, 0.3) is 0 Å². The summed E-state index contributed by atoms with van der Waals surface area (Å²) in [5.41, 5.74) is 0.587. The average Bonchev–Trinajstić information content (AvgIpc) is 2.92. The Morgan fingerprint density at radius 1 is 1.37 bits per heavy atom. The summed E-state index contributed by atoms with van der Waals surface area (Å²) in [5, 5.41) is 2.04. The second-order valence-corrected chi connectivity index (χ2v) is 4.81. The van der Waals surface area contributed by atoms with Gasteiger partial charge >= 0.3 is 6.11 Å². The maximum Gasteiger partial charge on any atom is 0.427 e. The molecule has 0 unspecified atom stereocenters. The number of hydrogen-bond donors (Lipinski definition) is 1. The van der Waals surface area contributed by atoms with E-state index in [-0.39, 0.29) is 5.75 Å². The summed E-state index contributed by atoms with van der Waals surface area (Å²) >= 11 is 1.51. The Morgan fingerprint density at radius 2 is 2.05 bits per heavy atom. The molecule has 2 N–H and O–H groups in total. The molecule has 104 valence electrons. The minimum Gasteiger partial charge on any atom is -0.431 e. The number of rotatable bonds is 4. The van der Waals surface area contributed by atoms with Crippen LogP contribution in [0.15, 0.2) is 29.3 Å². The van der Waals surface area contributed by atoms with E-state index in [9.17, 15) is 13.2 Å². The number of ether oxygens (including phenoxy) is 1. The second kappa shape index (κ2) is 5.70. The summed E-state index contributed by atoms with van der Waals surface area (Å²) in [7, 11) is 0. The molecule has 0 saturated carbocycles. The molecule has 1 aliphatic rings. The molecule has 4 nitrogen and oxygen atoms in total. The Morgan fingerprint density at radius 3 is 2.58 bits per heavy atom. The van der Waals surface area contributed by atoms with Crippen LogP contribution >= 0.6 is 11.8 Å². The van der Waals surface area contributed by atoms with Crippen molar-refractivity contribution in [2.45, 2.75) is 6.11 Å². The molecule has 1 aromatic carbocycles. The van der Waals surface area contributed by atoms with Gasteiger partial charge in [0.05, 0.1) is 12.2 Å². The molecule has 1 aliphatic heterocycles. The monoisotopic (exact) mass is 291 g/mol. The highest BCUT2D eigenvalue weighted by Crippen LogP contribution is 2.26. The van der Waals surface area contributed by atoms with E-state index in [1.807, 2.05) is 0 Å². The molecule has 1 heterocycles. The van der Waals surface area contributed by atoms with Crippen molar-refractivity contribution < 1.29 is 17.9 Å². The first-order valence-corrected chi connectivity index (χ1v) is 6.45. The maximum absolute atomic E-state index is 12.7. The molecule has 0 amide bonds. The molecule has 0 atom stereocenters. The van der Waals surface area contributed by atoms with E-state index in [1.54, 1.807) is 0 Å². The number of benzene rings is 1. The van der Waals surface area contributed by atoms with Gasteiger partial charge in [-0.15, -0.1) is 0 Å². The van der Waals surface area contributed by atoms with E-state index < -0.39 is 12.8 Å². The number of nitrogens with two attached hydrogens (primary N) is 1. The van der Waals surface area contributed by atoms with Gasteiger partial charge in [0, 0.05) is 5.75 Å². The zero-order valence-electron chi connectivity index (χ0n) is 9.85. The van der Waals surface area contributed by atoms with E-state index >= 15 is 0 Å². The van der Waals surface area contributed by atoms with Gasteiger partial charge < -0.3 is 4.74 Å². The number of aliphatic imine (C=N–C) groups is 1. The fourth-order valence-electron chi connectivity index (χ4n) is 1.45. The predicted octanol–water partition coefficient (Wildman–Crippen LogP) is 2.41. The molecular formula is C11H12F3N3OS. The largest absolute Gasteiger partial charge is 0.431 e. The Balaban J connectivity index is 2.06. The predicted molar refractivity (Wildman–Crippen MR) is 69.4 cm³/mol. The number of amidine groups is 1. The van der Waals surface area contributed by atoms with Crippen molar-refractivity contribution in [3.05, 3.63) is 24.3 Å². The number of thioether (sulfide) groups is 1. The van der Waals surface area contributed by atoms with Crippen molar-refractivity contribution in [1.82, 2.24) is 0 Å². The van der Waals surface area contributed by atoms with Crippen molar-refractivity contribution in [1.29, 1.82) is 0 Å². The molecule has 0 spiro atoms. The minimum atomic E-state index is -3.81. The van der Waals surface area contributed by atoms with E-state index in [1.165, 1.54) is 41.0 Å². The van der Waals surface area contributed by atoms with Crippen molar-refractivity contribution in [2.24, 2.45) is 10.8 Å². The van der Waals surface area contributed by atoms with Crippen LogP contribution in [0.3, 0.4) is 0 Å². The Bertz CT molecular complexity index is 467. The summed E-state index contributed by atoms with van der Waals surface area (Å²) < 4.78 is 41.5. The molecule has 0 aromatic heterocycles. The van der Waals surface area contributed by atoms with E-state index in [0.29, 0.717) is 17.4 Å². The van der Waals surface area contributed by atoms with Crippen LogP contribution in [0.5, 0.6) is 5.75 Å². The maximum atomic E-state index is 12.7. The first kappa shape index (κ1) is 14.0. The highest BCUT2D eigenvalue weighted by Gasteiger charge is 2.31. The minimum absolute atomic E-state index is 0.124. The average molecular weight is 291 g/mol. The number of nitrogens with zero attached hydrogens (tertiary/aromatic N) is 2. The smallest absolute Gasteiger partial charge is 0.427 e. The van der Waals surface area contributed by atoms with Gasteiger partial charge in [0.1, 0.15) is 5.75 Å². The highest BCUT2D eigenvalue weighted by molar-refractivity contribution is 8.14. The van der Waals surface area contributed by atoms with Crippen LogP contribution in [0.2, 0.25) is 0 Å². The summed E-state index contributed by atoms with van der Waals surface area (Å²) in [6, 6.07) is 5.62. The first-order chi connectivity index (χ1) is 9.02. The fraction of sp³-hybridized carbons (Fsp3) is 0.364. The van der Waals surface area contributed by atoms with Crippen molar-refractivity contribution in [2.75, 3.05) is 24.0 Å². The molecule has 0 saturated heterocycles. The van der Waals surface area contributed by atoms with Gasteiger partial charge in [0.15, 0.2) is 11.8 Å². The molecule has 0 bridgehead atoms. The van der Waals surface area contributed by atoms with Crippen LogP contribution in [0, 0.1) is 0 Å². The van der Waals surface area contributed by atoms with Crippen LogP contribution in [0.1, 0.15) is 0 Å². The van der Waals surface area contributed by atoms with Crippen LogP contribution in [-0.2, 0) is 0 Å². The Labute approximate surface area is 112 Å². The lowest BCUT2D eigenvalue weighted by Gasteiger charge is -2.19. The molecule has 19 heavy (non-hydrogen) atoms. The second-order valence-electron chi connectivity index (χ2n) is 3.75. The van der Waals surface area contributed by atoms with Gasteiger partial charge in [-0.2, -0.15) is 8.78 Å². The molecule has 2 rings (SSSR count). The van der Waals surface area contributed by atoms with Gasteiger partial charge in [-0.25, -0.2) is 10.2 Å². The summed E-state index contributed by atoms with van der Waals surface area (Å²) in [6.45, 7) is -1.16. The van der Waals surface area contributed by atoms with Crippen LogP contribution in [0.4, 0.5) is 18.9 Å². The van der Waals surface area contributed by atoms with Crippen LogP contribution in [-0.4, -0.2) is 30.2 Å². The Hall–Kier alpha value is -1.41. The topological polar surface area (TPSA) is 50.8 Å². The molecular weight excluding hydrogens is 279 g/mol. The van der Waals surface area contributed by atoms with Crippen molar-refractivity contribution in [3.8, 4) is 5.75 Å². The normalized spacial score (nSPS) is 15.3. The molecule has 0 fully saturated rings. The number of anilines is 1.